The van der Waals surface area contributed by atoms with Gasteiger partial charge in [0, 0.05) is 11.0 Å². The first kappa shape index (κ1) is 19.2. The van der Waals surface area contributed by atoms with Gasteiger partial charge in [-0.15, -0.1) is 0 Å². The Morgan fingerprint density at radius 3 is 2.30 bits per heavy atom. The number of benzene rings is 3. The average molecular weight is 366 g/mol. The normalized spacial score (nSPS) is 12.4. The van der Waals surface area contributed by atoms with Crippen molar-refractivity contribution in [3.05, 3.63) is 71.5 Å². The molecule has 0 aromatic heterocycles. The number of halogens is 1. The van der Waals surface area contributed by atoms with Crippen LogP contribution in [-0.4, -0.2) is 11.7 Å². The minimum absolute atomic E-state index is 0.0295. The average Bonchev–Trinajstić information content (AvgIpc) is 2.58. The highest BCUT2D eigenvalue weighted by Crippen LogP contribution is 2.36. The van der Waals surface area contributed by atoms with Gasteiger partial charge in [0.15, 0.2) is 0 Å². The molecular weight excluding hydrogens is 339 g/mol. The molecule has 0 radical (unpaired) electrons. The molecule has 0 saturated heterocycles. The van der Waals surface area contributed by atoms with Crippen LogP contribution in [-0.2, 0) is 10.8 Å². The lowest BCUT2D eigenvalue weighted by Gasteiger charge is -2.28. The Balaban J connectivity index is 1.95. The topological polar surface area (TPSA) is 29.5 Å². The van der Waals surface area contributed by atoms with E-state index in [1.807, 2.05) is 32.0 Å². The van der Waals surface area contributed by atoms with E-state index < -0.39 is 11.2 Å². The van der Waals surface area contributed by atoms with Crippen molar-refractivity contribution in [2.75, 3.05) is 6.61 Å². The van der Waals surface area contributed by atoms with E-state index in [4.69, 9.17) is 4.74 Å². The van der Waals surface area contributed by atoms with Gasteiger partial charge in [0.2, 0.25) is 0 Å². The largest absolute Gasteiger partial charge is 0.508 e. The van der Waals surface area contributed by atoms with Gasteiger partial charge in [-0.25, -0.2) is 4.39 Å². The SMILES string of the molecule is CC(C)(C)c1cc(OCC(C)(C)c2c(O)cccc2F)cc2ccccc12. The van der Waals surface area contributed by atoms with Crippen molar-refractivity contribution in [2.24, 2.45) is 0 Å². The summed E-state index contributed by atoms with van der Waals surface area (Å²) >= 11 is 0. The molecule has 3 aromatic carbocycles. The molecule has 0 saturated carbocycles. The molecule has 0 bridgehead atoms. The van der Waals surface area contributed by atoms with E-state index in [0.29, 0.717) is 0 Å². The van der Waals surface area contributed by atoms with Crippen molar-refractivity contribution < 1.29 is 14.2 Å². The van der Waals surface area contributed by atoms with E-state index in [2.05, 4.69) is 39.0 Å². The molecule has 3 heteroatoms. The molecule has 3 rings (SSSR count). The summed E-state index contributed by atoms with van der Waals surface area (Å²) in [4.78, 5) is 0. The molecule has 0 heterocycles. The monoisotopic (exact) mass is 366 g/mol. The predicted octanol–water partition coefficient (Wildman–Crippen LogP) is 6.34. The lowest BCUT2D eigenvalue weighted by molar-refractivity contribution is 0.232. The highest BCUT2D eigenvalue weighted by Gasteiger charge is 2.29. The molecule has 0 aliphatic heterocycles. The standard InChI is InChI=1S/C24H27FO2/c1-23(2,3)19-14-17(13-16-9-6-7-10-18(16)19)27-15-24(4,5)22-20(25)11-8-12-21(22)26/h6-14,26H,15H2,1-5H3. The van der Waals surface area contributed by atoms with Crippen LogP contribution < -0.4 is 4.74 Å². The highest BCUT2D eigenvalue weighted by molar-refractivity contribution is 5.88. The summed E-state index contributed by atoms with van der Waals surface area (Å²) in [5.41, 5.74) is 0.783. The summed E-state index contributed by atoms with van der Waals surface area (Å²) in [5, 5.41) is 12.4. The third-order valence-electron chi connectivity index (χ3n) is 4.91. The first-order valence-electron chi connectivity index (χ1n) is 9.24. The maximum Gasteiger partial charge on any atom is 0.130 e. The third-order valence-corrected chi connectivity index (χ3v) is 4.91. The van der Waals surface area contributed by atoms with Gasteiger partial charge in [0.05, 0.1) is 6.61 Å². The lowest BCUT2D eigenvalue weighted by atomic mass is 9.83. The molecule has 0 aliphatic rings. The van der Waals surface area contributed by atoms with E-state index in [-0.39, 0.29) is 23.3 Å². The molecule has 0 atom stereocenters. The van der Waals surface area contributed by atoms with Crippen molar-refractivity contribution in [3.63, 3.8) is 0 Å². The molecule has 0 fully saturated rings. The van der Waals surface area contributed by atoms with Crippen LogP contribution in [0.25, 0.3) is 10.8 Å². The summed E-state index contributed by atoms with van der Waals surface area (Å²) in [6, 6.07) is 16.7. The van der Waals surface area contributed by atoms with Crippen molar-refractivity contribution >= 4 is 10.8 Å². The molecule has 0 aliphatic carbocycles. The number of aromatic hydroxyl groups is 1. The van der Waals surface area contributed by atoms with Crippen LogP contribution in [0.1, 0.15) is 45.7 Å². The van der Waals surface area contributed by atoms with Crippen LogP contribution in [0.5, 0.6) is 11.5 Å². The predicted molar refractivity (Wildman–Crippen MR) is 109 cm³/mol. The van der Waals surface area contributed by atoms with Gasteiger partial charge >= 0.3 is 0 Å². The van der Waals surface area contributed by atoms with E-state index in [9.17, 15) is 9.50 Å². The van der Waals surface area contributed by atoms with Crippen LogP contribution >= 0.6 is 0 Å². The summed E-state index contributed by atoms with van der Waals surface area (Å²) < 4.78 is 20.4. The zero-order valence-corrected chi connectivity index (χ0v) is 16.6. The fraction of sp³-hybridized carbons (Fsp3) is 0.333. The van der Waals surface area contributed by atoms with Gasteiger partial charge in [-0.1, -0.05) is 65.0 Å². The molecule has 0 amide bonds. The van der Waals surface area contributed by atoms with Crippen molar-refractivity contribution in [1.29, 1.82) is 0 Å². The first-order valence-corrected chi connectivity index (χ1v) is 9.24. The molecule has 0 unspecified atom stereocenters. The maximum absolute atomic E-state index is 14.3. The second-order valence-corrected chi connectivity index (χ2v) is 8.75. The molecule has 142 valence electrons. The van der Waals surface area contributed by atoms with Crippen molar-refractivity contribution in [1.82, 2.24) is 0 Å². The minimum atomic E-state index is -0.678. The molecule has 0 spiro atoms. The van der Waals surface area contributed by atoms with Crippen LogP contribution in [0.3, 0.4) is 0 Å². The number of rotatable bonds is 4. The van der Waals surface area contributed by atoms with E-state index in [1.54, 1.807) is 0 Å². The number of ether oxygens (including phenoxy) is 1. The number of hydrogen-bond acceptors (Lipinski definition) is 2. The van der Waals surface area contributed by atoms with Gasteiger partial charge in [0.25, 0.3) is 0 Å². The van der Waals surface area contributed by atoms with Crippen molar-refractivity contribution in [2.45, 2.75) is 45.4 Å². The number of phenols is 1. The maximum atomic E-state index is 14.3. The smallest absolute Gasteiger partial charge is 0.130 e. The molecule has 3 aromatic rings. The van der Waals surface area contributed by atoms with E-state index in [0.717, 1.165) is 11.1 Å². The van der Waals surface area contributed by atoms with Crippen LogP contribution in [0.4, 0.5) is 4.39 Å². The number of hydrogen-bond donors (Lipinski definition) is 1. The zero-order chi connectivity index (χ0) is 19.8. The summed E-state index contributed by atoms with van der Waals surface area (Å²) in [7, 11) is 0. The summed E-state index contributed by atoms with van der Waals surface area (Å²) in [6.07, 6.45) is 0. The quantitative estimate of drug-likeness (QED) is 0.584. The second-order valence-electron chi connectivity index (χ2n) is 8.75. The zero-order valence-electron chi connectivity index (χ0n) is 16.6. The third kappa shape index (κ3) is 3.92. The fourth-order valence-electron chi connectivity index (χ4n) is 3.51. The highest BCUT2D eigenvalue weighted by atomic mass is 19.1. The van der Waals surface area contributed by atoms with E-state index >= 15 is 0 Å². The Morgan fingerprint density at radius 1 is 0.926 bits per heavy atom. The molecule has 27 heavy (non-hydrogen) atoms. The summed E-state index contributed by atoms with van der Waals surface area (Å²) in [5.74, 6) is 0.289. The molecule has 1 N–H and O–H groups in total. The first-order chi connectivity index (χ1) is 12.6. The van der Waals surface area contributed by atoms with Crippen molar-refractivity contribution in [3.8, 4) is 11.5 Å². The Kier molecular flexibility index (Phi) is 4.90. The Bertz CT molecular complexity index is 948. The van der Waals surface area contributed by atoms with Crippen LogP contribution in [0, 0.1) is 5.82 Å². The Morgan fingerprint density at radius 2 is 1.63 bits per heavy atom. The van der Waals surface area contributed by atoms with E-state index in [1.165, 1.54) is 29.1 Å². The lowest BCUT2D eigenvalue weighted by Crippen LogP contribution is -2.27. The minimum Gasteiger partial charge on any atom is -0.508 e. The van der Waals surface area contributed by atoms with Gasteiger partial charge in [-0.3, -0.25) is 0 Å². The molecular formula is C24H27FO2. The fourth-order valence-corrected chi connectivity index (χ4v) is 3.51. The Hall–Kier alpha value is -2.55. The van der Waals surface area contributed by atoms with Gasteiger partial charge in [-0.05, 0) is 46.0 Å². The number of phenolic OH excluding ortho intramolecular Hbond substituents is 1. The van der Waals surface area contributed by atoms with Gasteiger partial charge in [-0.2, -0.15) is 0 Å². The second kappa shape index (κ2) is 6.88. The number of fused-ring (bicyclic) bond motifs is 1. The van der Waals surface area contributed by atoms with Gasteiger partial charge in [0.1, 0.15) is 17.3 Å². The molecule has 2 nitrogen and oxygen atoms in total. The van der Waals surface area contributed by atoms with Gasteiger partial charge < -0.3 is 9.84 Å². The summed E-state index contributed by atoms with van der Waals surface area (Å²) in [6.45, 7) is 10.5. The Labute approximate surface area is 160 Å². The van der Waals surface area contributed by atoms with Crippen LogP contribution in [0.15, 0.2) is 54.6 Å². The van der Waals surface area contributed by atoms with Crippen LogP contribution in [0.2, 0.25) is 0 Å².